The van der Waals surface area contributed by atoms with Gasteiger partial charge in [-0.25, -0.2) is 4.68 Å². The summed E-state index contributed by atoms with van der Waals surface area (Å²) in [7, 11) is 2.96. The average Bonchev–Trinajstić information content (AvgIpc) is 3.48. The molecule has 1 amide bonds. The number of methoxy groups -OCH3 is 2. The molecule has 0 radical (unpaired) electrons. The molecule has 0 unspecified atom stereocenters. The second kappa shape index (κ2) is 8.83. The van der Waals surface area contributed by atoms with Crippen molar-refractivity contribution in [2.75, 3.05) is 24.9 Å². The Balaban J connectivity index is 1.43. The van der Waals surface area contributed by atoms with Crippen molar-refractivity contribution in [3.8, 4) is 11.5 Å². The summed E-state index contributed by atoms with van der Waals surface area (Å²) in [6.07, 6.45) is -1.80. The van der Waals surface area contributed by atoms with E-state index in [4.69, 9.17) is 9.47 Å². The number of aryl methyl sites for hydroxylation is 2. The van der Waals surface area contributed by atoms with Crippen LogP contribution in [-0.4, -0.2) is 36.1 Å². The van der Waals surface area contributed by atoms with Gasteiger partial charge < -0.3 is 20.1 Å². The number of carbonyl (C=O) groups excluding carboxylic acids is 1. The number of halogens is 3. The molecule has 1 aromatic heterocycles. The van der Waals surface area contributed by atoms with Crippen LogP contribution in [0.3, 0.4) is 0 Å². The summed E-state index contributed by atoms with van der Waals surface area (Å²) in [5.41, 5.74) is 3.57. The molecule has 0 saturated heterocycles. The lowest BCUT2D eigenvalue weighted by molar-refractivity contribution is -0.173. The van der Waals surface area contributed by atoms with E-state index < -0.39 is 24.2 Å². The van der Waals surface area contributed by atoms with Crippen LogP contribution >= 0.6 is 0 Å². The molecular weight excluding hydrogens is 461 g/mol. The number of rotatable bonds is 5. The molecular formula is C25H25F3N4O3. The number of amides is 1. The van der Waals surface area contributed by atoms with Crippen molar-refractivity contribution in [2.45, 2.75) is 43.9 Å². The van der Waals surface area contributed by atoms with Crippen LogP contribution in [0.1, 0.15) is 52.1 Å². The van der Waals surface area contributed by atoms with E-state index in [1.807, 2.05) is 18.2 Å². The molecule has 1 aliphatic carbocycles. The number of ether oxygens (including phenoxy) is 2. The van der Waals surface area contributed by atoms with Crippen molar-refractivity contribution in [3.05, 3.63) is 64.8 Å². The highest BCUT2D eigenvalue weighted by Crippen LogP contribution is 2.44. The van der Waals surface area contributed by atoms with Crippen molar-refractivity contribution in [1.29, 1.82) is 0 Å². The fraction of sp³-hybridized carbons (Fsp3) is 0.360. The molecule has 2 aliphatic rings. The molecule has 2 heterocycles. The number of anilines is 2. The smallest absolute Gasteiger partial charge is 0.410 e. The highest BCUT2D eigenvalue weighted by molar-refractivity contribution is 6.03. The Morgan fingerprint density at radius 2 is 1.83 bits per heavy atom. The topological polar surface area (TPSA) is 77.4 Å². The first-order valence-electron chi connectivity index (χ1n) is 11.3. The van der Waals surface area contributed by atoms with Crippen LogP contribution in [0.5, 0.6) is 11.5 Å². The zero-order chi connectivity index (χ0) is 24.7. The van der Waals surface area contributed by atoms with Gasteiger partial charge in [0.1, 0.15) is 5.82 Å². The Kier molecular flexibility index (Phi) is 5.82. The third-order valence-corrected chi connectivity index (χ3v) is 6.59. The third kappa shape index (κ3) is 4.40. The summed E-state index contributed by atoms with van der Waals surface area (Å²) in [5.74, 6) is 0.464. The van der Waals surface area contributed by atoms with Gasteiger partial charge in [-0.05, 0) is 60.2 Å². The number of hydrogen-bond donors (Lipinski definition) is 2. The van der Waals surface area contributed by atoms with Gasteiger partial charge in [-0.2, -0.15) is 18.3 Å². The zero-order valence-corrected chi connectivity index (χ0v) is 19.3. The average molecular weight is 486 g/mol. The molecule has 1 aliphatic heterocycles. The SMILES string of the molecule is COc1ccc([C@H]2C[C@H](C(F)(F)F)n3nc(C(=O)Nc4ccc5c(c4)CCC5)cc3N2)cc1OC. The minimum absolute atomic E-state index is 0.0878. The minimum Gasteiger partial charge on any atom is -0.493 e. The minimum atomic E-state index is -4.55. The lowest BCUT2D eigenvalue weighted by Crippen LogP contribution is -2.35. The largest absolute Gasteiger partial charge is 0.493 e. The van der Waals surface area contributed by atoms with E-state index in [9.17, 15) is 18.0 Å². The van der Waals surface area contributed by atoms with E-state index in [-0.39, 0.29) is 17.9 Å². The summed E-state index contributed by atoms with van der Waals surface area (Å²) in [6.45, 7) is 0. The maximum Gasteiger partial charge on any atom is 0.410 e. The van der Waals surface area contributed by atoms with Crippen molar-refractivity contribution in [1.82, 2.24) is 9.78 Å². The molecule has 10 heteroatoms. The van der Waals surface area contributed by atoms with Crippen LogP contribution in [0.2, 0.25) is 0 Å². The lowest BCUT2D eigenvalue weighted by atomic mass is 9.96. The van der Waals surface area contributed by atoms with Gasteiger partial charge >= 0.3 is 6.18 Å². The van der Waals surface area contributed by atoms with Crippen molar-refractivity contribution >= 4 is 17.4 Å². The molecule has 0 spiro atoms. The quantitative estimate of drug-likeness (QED) is 0.512. The molecule has 3 aromatic rings. The highest BCUT2D eigenvalue weighted by atomic mass is 19.4. The molecule has 7 nitrogen and oxygen atoms in total. The van der Waals surface area contributed by atoms with E-state index in [1.165, 1.54) is 31.4 Å². The molecule has 184 valence electrons. The van der Waals surface area contributed by atoms with Crippen LogP contribution in [-0.2, 0) is 12.8 Å². The van der Waals surface area contributed by atoms with Crippen LogP contribution in [0.4, 0.5) is 24.7 Å². The van der Waals surface area contributed by atoms with E-state index in [1.54, 1.807) is 18.2 Å². The van der Waals surface area contributed by atoms with E-state index in [2.05, 4.69) is 15.7 Å². The molecule has 2 N–H and O–H groups in total. The predicted octanol–water partition coefficient (Wildman–Crippen LogP) is 5.30. The maximum atomic E-state index is 14.0. The zero-order valence-electron chi connectivity index (χ0n) is 19.3. The molecule has 2 atom stereocenters. The van der Waals surface area contributed by atoms with Crippen molar-refractivity contribution < 1.29 is 27.4 Å². The molecule has 35 heavy (non-hydrogen) atoms. The standard InChI is InChI=1S/C25H25F3N4O3/c1-34-20-9-7-16(11-21(20)35-2)18-12-22(25(26,27)28)32-23(30-18)13-19(31-32)24(33)29-17-8-6-14-4-3-5-15(14)10-17/h6-11,13,18,22,30H,3-5,12H2,1-2H3,(H,29,33)/t18-,22-/m1/s1. The molecule has 0 bridgehead atoms. The van der Waals surface area contributed by atoms with Gasteiger partial charge in [-0.15, -0.1) is 0 Å². The molecule has 0 saturated carbocycles. The normalized spacial score (nSPS) is 18.9. The number of hydrogen-bond acceptors (Lipinski definition) is 5. The number of carbonyl (C=O) groups is 1. The van der Waals surface area contributed by atoms with Crippen molar-refractivity contribution in [2.24, 2.45) is 0 Å². The second-order valence-electron chi connectivity index (χ2n) is 8.76. The number of nitrogens with one attached hydrogen (secondary N) is 2. The molecule has 0 fully saturated rings. The Morgan fingerprint density at radius 3 is 2.57 bits per heavy atom. The molecule has 5 rings (SSSR count). The van der Waals surface area contributed by atoms with Gasteiger partial charge in [-0.3, -0.25) is 4.79 Å². The predicted molar refractivity (Wildman–Crippen MR) is 124 cm³/mol. The van der Waals surface area contributed by atoms with Gasteiger partial charge in [-0.1, -0.05) is 12.1 Å². The third-order valence-electron chi connectivity index (χ3n) is 6.59. The maximum absolute atomic E-state index is 14.0. The van der Waals surface area contributed by atoms with Crippen LogP contribution < -0.4 is 20.1 Å². The number of alkyl halides is 3. The summed E-state index contributed by atoms with van der Waals surface area (Å²) in [4.78, 5) is 12.9. The van der Waals surface area contributed by atoms with E-state index in [0.29, 0.717) is 22.7 Å². The first-order chi connectivity index (χ1) is 16.8. The van der Waals surface area contributed by atoms with Gasteiger partial charge in [0.25, 0.3) is 5.91 Å². The Labute approximate surface area is 200 Å². The van der Waals surface area contributed by atoms with Crippen molar-refractivity contribution in [3.63, 3.8) is 0 Å². The van der Waals surface area contributed by atoms with Crippen LogP contribution in [0.15, 0.2) is 42.5 Å². The fourth-order valence-corrected chi connectivity index (χ4v) is 4.82. The highest BCUT2D eigenvalue weighted by Gasteiger charge is 2.47. The van der Waals surface area contributed by atoms with Gasteiger partial charge in [0.05, 0.1) is 20.3 Å². The number of aromatic nitrogens is 2. The van der Waals surface area contributed by atoms with Gasteiger partial charge in [0.2, 0.25) is 0 Å². The van der Waals surface area contributed by atoms with E-state index in [0.717, 1.165) is 23.9 Å². The van der Waals surface area contributed by atoms with Gasteiger partial charge in [0.15, 0.2) is 23.2 Å². The van der Waals surface area contributed by atoms with Gasteiger partial charge in [0, 0.05) is 18.2 Å². The van der Waals surface area contributed by atoms with E-state index >= 15 is 0 Å². The Morgan fingerprint density at radius 1 is 1.06 bits per heavy atom. The Bertz CT molecular complexity index is 1270. The Hall–Kier alpha value is -3.69. The van der Waals surface area contributed by atoms with Crippen LogP contribution in [0, 0.1) is 0 Å². The lowest BCUT2D eigenvalue weighted by Gasteiger charge is -2.33. The summed E-state index contributed by atoms with van der Waals surface area (Å²) < 4.78 is 53.5. The molecule has 2 aromatic carbocycles. The number of benzene rings is 2. The summed E-state index contributed by atoms with van der Waals surface area (Å²) in [6, 6.07) is 9.50. The number of nitrogens with zero attached hydrogens (tertiary/aromatic N) is 2. The fourth-order valence-electron chi connectivity index (χ4n) is 4.82. The second-order valence-corrected chi connectivity index (χ2v) is 8.76. The van der Waals surface area contributed by atoms with Crippen LogP contribution in [0.25, 0.3) is 0 Å². The summed E-state index contributed by atoms with van der Waals surface area (Å²) in [5, 5.41) is 9.90. The first kappa shape index (κ1) is 23.1. The summed E-state index contributed by atoms with van der Waals surface area (Å²) >= 11 is 0. The number of fused-ring (bicyclic) bond motifs is 2. The monoisotopic (exact) mass is 486 g/mol. The first-order valence-corrected chi connectivity index (χ1v) is 11.3.